The minimum absolute atomic E-state index is 0.451. The molecule has 0 saturated carbocycles. The standard InChI is InChI=1S/C12H23N3/c13-10-3-6-15(9-10)12-4-7-14-5-1-2-11(14)8-12/h10-12H,1-9,13H2. The highest BCUT2D eigenvalue weighted by Gasteiger charge is 2.35. The molecule has 3 aliphatic rings. The van der Waals surface area contributed by atoms with Crippen LogP contribution in [-0.4, -0.2) is 54.1 Å². The van der Waals surface area contributed by atoms with Crippen molar-refractivity contribution in [3.05, 3.63) is 0 Å². The van der Waals surface area contributed by atoms with Crippen LogP contribution in [0.15, 0.2) is 0 Å². The quantitative estimate of drug-likeness (QED) is 0.688. The van der Waals surface area contributed by atoms with Gasteiger partial charge in [0.15, 0.2) is 0 Å². The second kappa shape index (κ2) is 4.04. The van der Waals surface area contributed by atoms with Gasteiger partial charge in [0.25, 0.3) is 0 Å². The Morgan fingerprint density at radius 3 is 2.47 bits per heavy atom. The summed E-state index contributed by atoms with van der Waals surface area (Å²) in [7, 11) is 0. The molecule has 0 bridgehead atoms. The molecule has 0 aromatic heterocycles. The van der Waals surface area contributed by atoms with Crippen LogP contribution in [0.25, 0.3) is 0 Å². The summed E-state index contributed by atoms with van der Waals surface area (Å²) in [6.45, 7) is 5.09. The Kier molecular flexibility index (Phi) is 2.71. The minimum Gasteiger partial charge on any atom is -0.326 e. The zero-order valence-corrected chi connectivity index (χ0v) is 9.57. The Balaban J connectivity index is 1.59. The fourth-order valence-electron chi connectivity index (χ4n) is 3.68. The summed E-state index contributed by atoms with van der Waals surface area (Å²) in [6.07, 6.45) is 6.87. The molecule has 3 unspecified atom stereocenters. The predicted molar refractivity (Wildman–Crippen MR) is 61.8 cm³/mol. The van der Waals surface area contributed by atoms with Crippen LogP contribution in [0.4, 0.5) is 0 Å². The number of rotatable bonds is 1. The van der Waals surface area contributed by atoms with Crippen molar-refractivity contribution in [2.75, 3.05) is 26.2 Å². The first-order valence-electron chi connectivity index (χ1n) is 6.56. The first kappa shape index (κ1) is 10.1. The monoisotopic (exact) mass is 209 g/mol. The number of fused-ring (bicyclic) bond motifs is 1. The highest BCUT2D eigenvalue weighted by atomic mass is 15.2. The average Bonchev–Trinajstić information content (AvgIpc) is 2.84. The van der Waals surface area contributed by atoms with E-state index in [0.717, 1.165) is 18.6 Å². The summed E-state index contributed by atoms with van der Waals surface area (Å²) >= 11 is 0. The molecule has 86 valence electrons. The van der Waals surface area contributed by atoms with Crippen LogP contribution >= 0.6 is 0 Å². The van der Waals surface area contributed by atoms with Crippen LogP contribution in [0.2, 0.25) is 0 Å². The molecule has 0 amide bonds. The molecule has 0 aromatic carbocycles. The van der Waals surface area contributed by atoms with Crippen LogP contribution in [-0.2, 0) is 0 Å². The van der Waals surface area contributed by atoms with Crippen molar-refractivity contribution in [1.29, 1.82) is 0 Å². The zero-order valence-electron chi connectivity index (χ0n) is 9.57. The van der Waals surface area contributed by atoms with E-state index in [1.165, 1.54) is 51.7 Å². The molecule has 3 atom stereocenters. The molecule has 3 rings (SSSR count). The van der Waals surface area contributed by atoms with E-state index >= 15 is 0 Å². The third-order valence-corrected chi connectivity index (χ3v) is 4.57. The maximum atomic E-state index is 5.99. The van der Waals surface area contributed by atoms with Crippen molar-refractivity contribution in [3.8, 4) is 0 Å². The van der Waals surface area contributed by atoms with Gasteiger partial charge < -0.3 is 10.6 Å². The largest absolute Gasteiger partial charge is 0.326 e. The summed E-state index contributed by atoms with van der Waals surface area (Å²) < 4.78 is 0. The van der Waals surface area contributed by atoms with E-state index in [1.54, 1.807) is 0 Å². The van der Waals surface area contributed by atoms with Gasteiger partial charge in [0.05, 0.1) is 0 Å². The number of nitrogens with zero attached hydrogens (tertiary/aromatic N) is 2. The Morgan fingerprint density at radius 1 is 0.867 bits per heavy atom. The van der Waals surface area contributed by atoms with Gasteiger partial charge >= 0.3 is 0 Å². The lowest BCUT2D eigenvalue weighted by Crippen LogP contribution is -2.47. The highest BCUT2D eigenvalue weighted by Crippen LogP contribution is 2.30. The number of piperidine rings is 1. The molecular weight excluding hydrogens is 186 g/mol. The van der Waals surface area contributed by atoms with Crippen LogP contribution in [0.3, 0.4) is 0 Å². The van der Waals surface area contributed by atoms with E-state index in [9.17, 15) is 0 Å². The molecule has 3 nitrogen and oxygen atoms in total. The molecule has 3 fully saturated rings. The summed E-state index contributed by atoms with van der Waals surface area (Å²) in [5, 5.41) is 0. The van der Waals surface area contributed by atoms with Gasteiger partial charge in [-0.2, -0.15) is 0 Å². The third kappa shape index (κ3) is 1.93. The van der Waals surface area contributed by atoms with Gasteiger partial charge in [-0.1, -0.05) is 0 Å². The molecule has 0 spiro atoms. The Hall–Kier alpha value is -0.120. The molecule has 3 heterocycles. The lowest BCUT2D eigenvalue weighted by molar-refractivity contribution is 0.103. The first-order chi connectivity index (χ1) is 7.33. The Labute approximate surface area is 92.6 Å². The van der Waals surface area contributed by atoms with Crippen molar-refractivity contribution >= 4 is 0 Å². The van der Waals surface area contributed by atoms with Crippen molar-refractivity contribution in [2.24, 2.45) is 5.73 Å². The summed E-state index contributed by atoms with van der Waals surface area (Å²) in [5.41, 5.74) is 5.99. The van der Waals surface area contributed by atoms with Crippen molar-refractivity contribution in [1.82, 2.24) is 9.80 Å². The molecule has 2 N–H and O–H groups in total. The van der Waals surface area contributed by atoms with Crippen LogP contribution in [0.1, 0.15) is 32.1 Å². The first-order valence-corrected chi connectivity index (χ1v) is 6.56. The van der Waals surface area contributed by atoms with E-state index in [1.807, 2.05) is 0 Å². The van der Waals surface area contributed by atoms with Gasteiger partial charge in [0, 0.05) is 31.2 Å². The van der Waals surface area contributed by atoms with Crippen LogP contribution in [0.5, 0.6) is 0 Å². The molecule has 0 aliphatic carbocycles. The van der Waals surface area contributed by atoms with Crippen LogP contribution in [0, 0.1) is 0 Å². The zero-order chi connectivity index (χ0) is 10.3. The maximum absolute atomic E-state index is 5.99. The van der Waals surface area contributed by atoms with Gasteiger partial charge in [-0.05, 0) is 45.2 Å². The molecule has 0 radical (unpaired) electrons. The average molecular weight is 209 g/mol. The predicted octanol–water partition coefficient (Wildman–Crippen LogP) is 0.646. The number of hydrogen-bond acceptors (Lipinski definition) is 3. The Morgan fingerprint density at radius 2 is 1.67 bits per heavy atom. The van der Waals surface area contributed by atoms with Crippen molar-refractivity contribution in [2.45, 2.75) is 50.2 Å². The summed E-state index contributed by atoms with van der Waals surface area (Å²) in [5.74, 6) is 0. The van der Waals surface area contributed by atoms with Gasteiger partial charge in [-0.15, -0.1) is 0 Å². The van der Waals surface area contributed by atoms with Crippen molar-refractivity contribution < 1.29 is 0 Å². The Bertz CT molecular complexity index is 231. The van der Waals surface area contributed by atoms with Gasteiger partial charge in [0.2, 0.25) is 0 Å². The normalized spacial score (nSPS) is 43.4. The van der Waals surface area contributed by atoms with Gasteiger partial charge in [-0.3, -0.25) is 4.90 Å². The second-order valence-electron chi connectivity index (χ2n) is 5.55. The van der Waals surface area contributed by atoms with Crippen molar-refractivity contribution in [3.63, 3.8) is 0 Å². The lowest BCUT2D eigenvalue weighted by atomic mass is 9.96. The van der Waals surface area contributed by atoms with E-state index in [-0.39, 0.29) is 0 Å². The SMILES string of the molecule is NC1CCN(C2CCN3CCCC3C2)C1. The van der Waals surface area contributed by atoms with E-state index in [0.29, 0.717) is 6.04 Å². The smallest absolute Gasteiger partial charge is 0.0180 e. The van der Waals surface area contributed by atoms with Gasteiger partial charge in [0.1, 0.15) is 0 Å². The minimum atomic E-state index is 0.451. The fraction of sp³-hybridized carbons (Fsp3) is 1.00. The maximum Gasteiger partial charge on any atom is 0.0180 e. The fourth-order valence-corrected chi connectivity index (χ4v) is 3.68. The molecule has 15 heavy (non-hydrogen) atoms. The van der Waals surface area contributed by atoms with E-state index in [4.69, 9.17) is 5.73 Å². The lowest BCUT2D eigenvalue weighted by Gasteiger charge is -2.39. The highest BCUT2D eigenvalue weighted by molar-refractivity contribution is 4.92. The number of nitrogens with two attached hydrogens (primary N) is 1. The second-order valence-corrected chi connectivity index (χ2v) is 5.55. The number of likely N-dealkylation sites (tertiary alicyclic amines) is 1. The molecule has 3 heteroatoms. The molecular formula is C12H23N3. The third-order valence-electron chi connectivity index (χ3n) is 4.57. The summed E-state index contributed by atoms with van der Waals surface area (Å²) in [4.78, 5) is 5.35. The topological polar surface area (TPSA) is 32.5 Å². The van der Waals surface area contributed by atoms with E-state index in [2.05, 4.69) is 9.80 Å². The number of hydrogen-bond donors (Lipinski definition) is 1. The van der Waals surface area contributed by atoms with E-state index < -0.39 is 0 Å². The molecule has 0 aromatic rings. The molecule has 3 saturated heterocycles. The summed E-state index contributed by atoms with van der Waals surface area (Å²) in [6, 6.07) is 2.20. The molecule has 3 aliphatic heterocycles. The van der Waals surface area contributed by atoms with Gasteiger partial charge in [-0.25, -0.2) is 0 Å². The van der Waals surface area contributed by atoms with Crippen LogP contribution < -0.4 is 5.73 Å².